The topological polar surface area (TPSA) is 38.3 Å². The molecule has 0 spiro atoms. The molecule has 0 aromatic heterocycles. The Morgan fingerprint density at radius 2 is 1.88 bits per heavy atom. The van der Waals surface area contributed by atoms with Crippen LogP contribution in [0, 0.1) is 10.8 Å². The molecule has 24 heavy (non-hydrogen) atoms. The number of rotatable bonds is 3. The Morgan fingerprint density at radius 3 is 2.42 bits per heavy atom. The second-order valence-corrected chi connectivity index (χ2v) is 12.6. The number of hydrogen-bond acceptors (Lipinski definition) is 2. The van der Waals surface area contributed by atoms with Crippen molar-refractivity contribution in [2.75, 3.05) is 5.32 Å². The quantitative estimate of drug-likeness (QED) is 0.413. The number of nitrogens with one attached hydrogen (secondary N) is 1. The van der Waals surface area contributed by atoms with E-state index in [1.807, 2.05) is 30.3 Å². The third-order valence-corrected chi connectivity index (χ3v) is 10.9. The van der Waals surface area contributed by atoms with Gasteiger partial charge in [-0.1, -0.05) is 95.8 Å². The van der Waals surface area contributed by atoms with Crippen LogP contribution >= 0.6 is 63.7 Å². The molecule has 2 aliphatic carbocycles. The van der Waals surface area contributed by atoms with Gasteiger partial charge in [0.05, 0.1) is 8.06 Å². The molecule has 2 bridgehead atoms. The SMILES string of the molecule is CC1(C)C(OC(=O)Nc2ccccc2)C2(Br)CCC1(C(Br)Br)C2Br. The summed E-state index contributed by atoms with van der Waals surface area (Å²) < 4.78 is 5.80. The van der Waals surface area contributed by atoms with E-state index in [-0.39, 0.29) is 29.8 Å². The van der Waals surface area contributed by atoms with Crippen molar-refractivity contribution in [3.05, 3.63) is 30.3 Å². The third kappa shape index (κ3) is 2.64. The lowest BCUT2D eigenvalue weighted by molar-refractivity contribution is -0.0281. The summed E-state index contributed by atoms with van der Waals surface area (Å²) in [6.07, 6.45) is 1.33. The Morgan fingerprint density at radius 1 is 1.25 bits per heavy atom. The predicted molar refractivity (Wildman–Crippen MR) is 112 cm³/mol. The van der Waals surface area contributed by atoms with Crippen molar-refractivity contribution >= 4 is 75.5 Å². The van der Waals surface area contributed by atoms with Gasteiger partial charge in [0, 0.05) is 21.3 Å². The van der Waals surface area contributed by atoms with E-state index in [4.69, 9.17) is 4.74 Å². The van der Waals surface area contributed by atoms with E-state index in [2.05, 4.69) is 82.9 Å². The summed E-state index contributed by atoms with van der Waals surface area (Å²) in [6.45, 7) is 4.36. The van der Waals surface area contributed by atoms with Crippen LogP contribution in [0.3, 0.4) is 0 Å². The van der Waals surface area contributed by atoms with Crippen LogP contribution in [-0.4, -0.2) is 25.1 Å². The van der Waals surface area contributed by atoms with Gasteiger partial charge >= 0.3 is 6.09 Å². The zero-order valence-electron chi connectivity index (χ0n) is 13.4. The van der Waals surface area contributed by atoms with E-state index in [0.717, 1.165) is 18.5 Å². The standard InChI is InChI=1S/C17H19Br4NO2/c1-15(2)12(24-14(23)22-10-6-4-3-5-7-10)17(21)9-8-16(15,11(17)18)13(19)20/h3-7,11-13H,8-9H2,1-2H3,(H,22,23). The Labute approximate surface area is 176 Å². The molecule has 1 aromatic rings. The molecule has 3 nitrogen and oxygen atoms in total. The second-order valence-electron chi connectivity index (χ2n) is 7.13. The number of carbonyl (C=O) groups excluding carboxylic acids is 1. The first-order chi connectivity index (χ1) is 11.2. The van der Waals surface area contributed by atoms with Crippen molar-refractivity contribution in [1.82, 2.24) is 0 Å². The van der Waals surface area contributed by atoms with Gasteiger partial charge in [0.25, 0.3) is 0 Å². The highest BCUT2D eigenvalue weighted by molar-refractivity contribution is 9.24. The second kappa shape index (κ2) is 6.54. The fraction of sp³-hybridized carbons (Fsp3) is 0.588. The van der Waals surface area contributed by atoms with Gasteiger partial charge in [-0.05, 0) is 25.0 Å². The first-order valence-corrected chi connectivity index (χ1v) is 11.3. The largest absolute Gasteiger partial charge is 0.444 e. The maximum absolute atomic E-state index is 12.5. The van der Waals surface area contributed by atoms with Crippen molar-refractivity contribution in [2.45, 2.75) is 45.7 Å². The van der Waals surface area contributed by atoms with Crippen LogP contribution in [0.25, 0.3) is 0 Å². The molecule has 0 radical (unpaired) electrons. The molecule has 1 N–H and O–H groups in total. The number of fused-ring (bicyclic) bond motifs is 2. The van der Waals surface area contributed by atoms with Gasteiger partial charge in [-0.25, -0.2) is 4.79 Å². The van der Waals surface area contributed by atoms with E-state index in [9.17, 15) is 4.79 Å². The summed E-state index contributed by atoms with van der Waals surface area (Å²) in [6, 6.07) is 9.37. The van der Waals surface area contributed by atoms with E-state index in [0.29, 0.717) is 0 Å². The van der Waals surface area contributed by atoms with Crippen LogP contribution in [0.5, 0.6) is 0 Å². The van der Waals surface area contributed by atoms with Gasteiger partial charge in [-0.3, -0.25) is 5.32 Å². The molecule has 7 heteroatoms. The van der Waals surface area contributed by atoms with Crippen LogP contribution in [0.2, 0.25) is 0 Å². The zero-order valence-corrected chi connectivity index (χ0v) is 19.7. The minimum absolute atomic E-state index is 0.0613. The number of amides is 1. The minimum atomic E-state index is -0.416. The monoisotopic (exact) mass is 585 g/mol. The average Bonchev–Trinajstić information content (AvgIpc) is 2.85. The molecule has 2 saturated carbocycles. The molecular weight excluding hydrogens is 570 g/mol. The molecule has 0 aliphatic heterocycles. The van der Waals surface area contributed by atoms with Crippen LogP contribution in [-0.2, 0) is 4.74 Å². The normalized spacial score (nSPS) is 36.8. The van der Waals surface area contributed by atoms with Crippen molar-refractivity contribution in [1.29, 1.82) is 0 Å². The molecule has 132 valence electrons. The van der Waals surface area contributed by atoms with E-state index >= 15 is 0 Å². The van der Waals surface area contributed by atoms with E-state index < -0.39 is 6.09 Å². The van der Waals surface area contributed by atoms with Gasteiger partial charge in [-0.2, -0.15) is 0 Å². The predicted octanol–water partition coefficient (Wildman–Crippen LogP) is 6.44. The highest BCUT2D eigenvalue weighted by Gasteiger charge is 2.77. The smallest absolute Gasteiger partial charge is 0.411 e. The summed E-state index contributed by atoms with van der Waals surface area (Å²) >= 11 is 15.3. The van der Waals surface area contributed by atoms with Crippen LogP contribution < -0.4 is 5.32 Å². The van der Waals surface area contributed by atoms with Crippen molar-refractivity contribution in [3.63, 3.8) is 0 Å². The maximum Gasteiger partial charge on any atom is 0.411 e. The molecule has 1 amide bonds. The Bertz CT molecular complexity index is 639. The minimum Gasteiger partial charge on any atom is -0.444 e. The Balaban J connectivity index is 1.85. The zero-order chi connectivity index (χ0) is 17.8. The third-order valence-electron chi connectivity index (χ3n) is 5.72. The summed E-state index contributed by atoms with van der Waals surface area (Å²) in [5.41, 5.74) is 0.457. The lowest BCUT2D eigenvalue weighted by atomic mass is 9.65. The maximum atomic E-state index is 12.5. The molecule has 4 atom stereocenters. The van der Waals surface area contributed by atoms with E-state index in [1.54, 1.807) is 0 Å². The summed E-state index contributed by atoms with van der Waals surface area (Å²) in [5.74, 6) is 0. The van der Waals surface area contributed by atoms with Crippen LogP contribution in [0.1, 0.15) is 26.7 Å². The lowest BCUT2D eigenvalue weighted by Gasteiger charge is -2.47. The number of alkyl halides is 4. The molecule has 0 saturated heterocycles. The number of carbonyl (C=O) groups is 1. The average molecular weight is 589 g/mol. The number of anilines is 1. The molecule has 4 unspecified atom stereocenters. The highest BCUT2D eigenvalue weighted by atomic mass is 79.9. The van der Waals surface area contributed by atoms with Gasteiger partial charge < -0.3 is 4.74 Å². The molecule has 3 rings (SSSR count). The van der Waals surface area contributed by atoms with Crippen molar-refractivity contribution in [3.8, 4) is 0 Å². The fourth-order valence-electron chi connectivity index (χ4n) is 4.36. The Hall–Kier alpha value is 0.410. The fourth-order valence-corrected chi connectivity index (χ4v) is 10.1. The van der Waals surface area contributed by atoms with Gasteiger partial charge in [-0.15, -0.1) is 0 Å². The number of halogens is 4. The first-order valence-electron chi connectivity index (χ1n) is 7.80. The summed E-state index contributed by atoms with van der Waals surface area (Å²) in [4.78, 5) is 12.6. The van der Waals surface area contributed by atoms with Gasteiger partial charge in [0.15, 0.2) is 0 Å². The number of ether oxygens (including phenoxy) is 1. The number of hydrogen-bond donors (Lipinski definition) is 1. The van der Waals surface area contributed by atoms with E-state index in [1.165, 1.54) is 0 Å². The number of para-hydroxylation sites is 1. The Kier molecular flexibility index (Phi) is 5.22. The van der Waals surface area contributed by atoms with Crippen molar-refractivity contribution < 1.29 is 9.53 Å². The highest BCUT2D eigenvalue weighted by Crippen LogP contribution is 2.74. The van der Waals surface area contributed by atoms with Gasteiger partial charge in [0.2, 0.25) is 0 Å². The summed E-state index contributed by atoms with van der Waals surface area (Å²) in [7, 11) is 0. The lowest BCUT2D eigenvalue weighted by Crippen LogP contribution is -2.51. The first kappa shape index (κ1) is 19.2. The van der Waals surface area contributed by atoms with Crippen molar-refractivity contribution in [2.24, 2.45) is 10.8 Å². The summed E-state index contributed by atoms with van der Waals surface area (Å²) in [5, 5.41) is 2.82. The van der Waals surface area contributed by atoms with Gasteiger partial charge in [0.1, 0.15) is 6.10 Å². The molecule has 0 heterocycles. The molecule has 2 fully saturated rings. The molecule has 1 aromatic carbocycles. The number of benzene rings is 1. The molecule has 2 aliphatic rings. The van der Waals surface area contributed by atoms with Crippen LogP contribution in [0.4, 0.5) is 10.5 Å². The molecular formula is C17H19Br4NO2. The van der Waals surface area contributed by atoms with Crippen LogP contribution in [0.15, 0.2) is 30.3 Å².